The Labute approximate surface area is 176 Å². The molecular weight excluding hydrogens is 384 g/mol. The van der Waals surface area contributed by atoms with Gasteiger partial charge in [-0.3, -0.25) is 14.6 Å². The second kappa shape index (κ2) is 10.0. The molecule has 2 amide bonds. The van der Waals surface area contributed by atoms with Crippen LogP contribution in [0.2, 0.25) is 0 Å². The summed E-state index contributed by atoms with van der Waals surface area (Å²) in [4.78, 5) is 37.1. The van der Waals surface area contributed by atoms with E-state index in [1.54, 1.807) is 24.0 Å². The molecule has 2 heterocycles. The van der Waals surface area contributed by atoms with Crippen LogP contribution in [0.3, 0.4) is 0 Å². The van der Waals surface area contributed by atoms with Crippen molar-refractivity contribution >= 4 is 11.8 Å². The standard InChI is InChI=1S/C22H28N4O4/c1-25(12-8-16-6-7-19(29-2)20(13-16)30-3)21(27)17-5-4-11-26(15-17)22(28)18-14-23-9-10-24-18/h6-7,9-10,13-14,17H,4-5,8,11-12,15H2,1-3H3. The number of nitrogens with zero attached hydrogens (tertiary/aromatic N) is 4. The fourth-order valence-corrected chi connectivity index (χ4v) is 3.69. The van der Waals surface area contributed by atoms with E-state index in [4.69, 9.17) is 9.47 Å². The third-order valence-corrected chi connectivity index (χ3v) is 5.40. The number of benzene rings is 1. The van der Waals surface area contributed by atoms with Crippen molar-refractivity contribution in [2.24, 2.45) is 5.92 Å². The minimum absolute atomic E-state index is 0.0622. The highest BCUT2D eigenvalue weighted by Gasteiger charge is 2.31. The van der Waals surface area contributed by atoms with Crippen molar-refractivity contribution in [3.05, 3.63) is 48.0 Å². The molecule has 2 aromatic rings. The smallest absolute Gasteiger partial charge is 0.274 e. The average Bonchev–Trinajstić information content (AvgIpc) is 2.81. The Bertz CT molecular complexity index is 875. The van der Waals surface area contributed by atoms with E-state index < -0.39 is 0 Å². The van der Waals surface area contributed by atoms with Crippen LogP contribution in [0.1, 0.15) is 28.9 Å². The van der Waals surface area contributed by atoms with Crippen LogP contribution in [0, 0.1) is 5.92 Å². The summed E-state index contributed by atoms with van der Waals surface area (Å²) in [6, 6.07) is 5.77. The summed E-state index contributed by atoms with van der Waals surface area (Å²) in [5.74, 6) is 1.05. The van der Waals surface area contributed by atoms with Crippen LogP contribution < -0.4 is 9.47 Å². The van der Waals surface area contributed by atoms with Gasteiger partial charge in [0.25, 0.3) is 5.91 Å². The summed E-state index contributed by atoms with van der Waals surface area (Å²) in [7, 11) is 5.02. The molecule has 0 saturated carbocycles. The molecule has 0 N–H and O–H groups in total. The summed E-state index contributed by atoms with van der Waals surface area (Å²) in [5.41, 5.74) is 1.38. The summed E-state index contributed by atoms with van der Waals surface area (Å²) in [5, 5.41) is 0. The monoisotopic (exact) mass is 412 g/mol. The van der Waals surface area contributed by atoms with Crippen molar-refractivity contribution in [2.45, 2.75) is 19.3 Å². The van der Waals surface area contributed by atoms with Gasteiger partial charge in [-0.05, 0) is 37.0 Å². The number of carbonyl (C=O) groups excluding carboxylic acids is 2. The third kappa shape index (κ3) is 5.06. The van der Waals surface area contributed by atoms with Crippen molar-refractivity contribution < 1.29 is 19.1 Å². The number of likely N-dealkylation sites (tertiary alicyclic amines) is 1. The number of hydrogen-bond acceptors (Lipinski definition) is 6. The third-order valence-electron chi connectivity index (χ3n) is 5.40. The minimum atomic E-state index is -0.199. The Hall–Kier alpha value is -3.16. The van der Waals surface area contributed by atoms with Gasteiger partial charge >= 0.3 is 0 Å². The molecule has 3 rings (SSSR count). The highest BCUT2D eigenvalue weighted by molar-refractivity contribution is 5.92. The Balaban J connectivity index is 1.57. The maximum Gasteiger partial charge on any atom is 0.274 e. The number of ether oxygens (including phenoxy) is 2. The molecule has 30 heavy (non-hydrogen) atoms. The predicted octanol–water partition coefficient (Wildman–Crippen LogP) is 2.05. The van der Waals surface area contributed by atoms with Crippen LogP contribution in [0.4, 0.5) is 0 Å². The Morgan fingerprint density at radius 3 is 2.70 bits per heavy atom. The molecule has 0 spiro atoms. The topological polar surface area (TPSA) is 84.9 Å². The highest BCUT2D eigenvalue weighted by Crippen LogP contribution is 2.28. The molecule has 0 aliphatic carbocycles. The normalized spacial score (nSPS) is 16.1. The lowest BCUT2D eigenvalue weighted by molar-refractivity contribution is -0.135. The average molecular weight is 412 g/mol. The number of amides is 2. The van der Waals surface area contributed by atoms with E-state index in [0.717, 1.165) is 18.4 Å². The van der Waals surface area contributed by atoms with Crippen LogP contribution in [-0.4, -0.2) is 72.5 Å². The number of rotatable bonds is 7. The second-order valence-corrected chi connectivity index (χ2v) is 7.38. The fourth-order valence-electron chi connectivity index (χ4n) is 3.69. The maximum absolute atomic E-state index is 13.0. The minimum Gasteiger partial charge on any atom is -0.493 e. The first-order valence-corrected chi connectivity index (χ1v) is 10.0. The molecule has 1 saturated heterocycles. The predicted molar refractivity (Wildman–Crippen MR) is 112 cm³/mol. The zero-order valence-corrected chi connectivity index (χ0v) is 17.7. The zero-order chi connectivity index (χ0) is 21.5. The number of piperidine rings is 1. The number of likely N-dealkylation sites (N-methyl/N-ethyl adjacent to an activating group) is 1. The number of hydrogen-bond donors (Lipinski definition) is 0. The highest BCUT2D eigenvalue weighted by atomic mass is 16.5. The van der Waals surface area contributed by atoms with Gasteiger partial charge in [0.15, 0.2) is 11.5 Å². The quantitative estimate of drug-likeness (QED) is 0.692. The zero-order valence-electron chi connectivity index (χ0n) is 17.7. The van der Waals surface area contributed by atoms with E-state index in [0.29, 0.717) is 43.2 Å². The lowest BCUT2D eigenvalue weighted by Gasteiger charge is -2.33. The summed E-state index contributed by atoms with van der Waals surface area (Å²) in [6.45, 7) is 1.63. The molecule has 1 fully saturated rings. The van der Waals surface area contributed by atoms with Gasteiger partial charge in [-0.1, -0.05) is 6.07 Å². The number of carbonyl (C=O) groups is 2. The van der Waals surface area contributed by atoms with Gasteiger partial charge in [0.05, 0.1) is 26.3 Å². The van der Waals surface area contributed by atoms with E-state index in [1.165, 1.54) is 18.6 Å². The molecule has 1 aliphatic heterocycles. The second-order valence-electron chi connectivity index (χ2n) is 7.38. The van der Waals surface area contributed by atoms with Crippen molar-refractivity contribution in [1.29, 1.82) is 0 Å². The molecule has 1 aromatic heterocycles. The van der Waals surface area contributed by atoms with Gasteiger partial charge in [-0.15, -0.1) is 0 Å². The SMILES string of the molecule is COc1ccc(CCN(C)C(=O)C2CCCN(C(=O)c3cnccn3)C2)cc1OC. The first-order chi connectivity index (χ1) is 14.5. The molecule has 0 radical (unpaired) electrons. The van der Waals surface area contributed by atoms with Crippen LogP contribution in [0.25, 0.3) is 0 Å². The van der Waals surface area contributed by atoms with E-state index >= 15 is 0 Å². The van der Waals surface area contributed by atoms with Crippen LogP contribution in [0.15, 0.2) is 36.8 Å². The molecule has 1 aliphatic rings. The largest absolute Gasteiger partial charge is 0.493 e. The van der Waals surface area contributed by atoms with E-state index in [-0.39, 0.29) is 17.7 Å². The fraction of sp³-hybridized carbons (Fsp3) is 0.455. The molecule has 1 unspecified atom stereocenters. The van der Waals surface area contributed by atoms with E-state index in [9.17, 15) is 9.59 Å². The molecule has 0 bridgehead atoms. The van der Waals surface area contributed by atoms with Gasteiger partial charge in [-0.25, -0.2) is 4.98 Å². The molecule has 1 aromatic carbocycles. The van der Waals surface area contributed by atoms with Gasteiger partial charge in [0, 0.05) is 39.1 Å². The van der Waals surface area contributed by atoms with Crippen LogP contribution >= 0.6 is 0 Å². The van der Waals surface area contributed by atoms with Crippen molar-refractivity contribution in [3.63, 3.8) is 0 Å². The van der Waals surface area contributed by atoms with E-state index in [2.05, 4.69) is 9.97 Å². The summed E-state index contributed by atoms with van der Waals surface area (Å²) >= 11 is 0. The van der Waals surface area contributed by atoms with Crippen molar-refractivity contribution in [3.8, 4) is 11.5 Å². The maximum atomic E-state index is 13.0. The van der Waals surface area contributed by atoms with Gasteiger partial charge in [0.1, 0.15) is 5.69 Å². The Morgan fingerprint density at radius 2 is 2.00 bits per heavy atom. The molecule has 1 atom stereocenters. The first kappa shape index (κ1) is 21.5. The summed E-state index contributed by atoms with van der Waals surface area (Å²) < 4.78 is 10.6. The van der Waals surface area contributed by atoms with Gasteiger partial charge in [-0.2, -0.15) is 0 Å². The van der Waals surface area contributed by atoms with E-state index in [1.807, 2.05) is 25.2 Å². The Kier molecular flexibility index (Phi) is 7.21. The van der Waals surface area contributed by atoms with Crippen molar-refractivity contribution in [1.82, 2.24) is 19.8 Å². The first-order valence-electron chi connectivity index (χ1n) is 10.0. The lowest BCUT2D eigenvalue weighted by atomic mass is 9.96. The molecular formula is C22H28N4O4. The number of aromatic nitrogens is 2. The summed E-state index contributed by atoms with van der Waals surface area (Å²) in [6.07, 6.45) is 6.78. The van der Waals surface area contributed by atoms with Gasteiger partial charge < -0.3 is 19.3 Å². The van der Waals surface area contributed by atoms with Crippen LogP contribution in [-0.2, 0) is 11.2 Å². The molecule has 8 heteroatoms. The van der Waals surface area contributed by atoms with Crippen molar-refractivity contribution in [2.75, 3.05) is 40.9 Å². The Morgan fingerprint density at radius 1 is 1.20 bits per heavy atom. The lowest BCUT2D eigenvalue weighted by Crippen LogP contribution is -2.46. The molecule has 8 nitrogen and oxygen atoms in total. The van der Waals surface area contributed by atoms with Crippen LogP contribution in [0.5, 0.6) is 11.5 Å². The molecule has 160 valence electrons. The van der Waals surface area contributed by atoms with Gasteiger partial charge in [0.2, 0.25) is 5.91 Å². The number of methoxy groups -OCH3 is 2.